The molecule has 0 spiro atoms. The zero-order valence-electron chi connectivity index (χ0n) is 15.2. The Kier molecular flexibility index (Phi) is 3.80. The van der Waals surface area contributed by atoms with Crippen molar-refractivity contribution in [3.63, 3.8) is 0 Å². The quantitative estimate of drug-likeness (QED) is 0.740. The van der Waals surface area contributed by atoms with Crippen molar-refractivity contribution in [1.82, 2.24) is 5.32 Å². The summed E-state index contributed by atoms with van der Waals surface area (Å²) in [4.78, 5) is 25.1. The van der Waals surface area contributed by atoms with Gasteiger partial charge in [0.2, 0.25) is 0 Å². The lowest BCUT2D eigenvalue weighted by atomic mass is 9.84. The first-order valence-corrected chi connectivity index (χ1v) is 8.60. The maximum Gasteiger partial charge on any atom is 0.287 e. The Hall–Kier alpha value is -3.15. The number of Topliss-reactive ketones (excluding diaryl/α,β-unsaturated/α-hetero) is 1. The minimum atomic E-state index is -0.896. The standard InChI is InChI=1S/C21H18FNO4/c1-11-17-15(26-19(11)20(25)23-3)8-9-16-18(17)14(24)10-21(2,27-16)12-4-6-13(22)7-5-12/h4-9H,10H2,1-3H3,(H,23,25). The van der Waals surface area contributed by atoms with Crippen LogP contribution in [0.3, 0.4) is 0 Å². The van der Waals surface area contributed by atoms with Crippen molar-refractivity contribution in [3.8, 4) is 5.75 Å². The number of rotatable bonds is 2. The molecule has 6 heteroatoms. The number of carbonyl (C=O) groups excluding carboxylic acids is 2. The number of carbonyl (C=O) groups is 2. The largest absolute Gasteiger partial charge is 0.482 e. The summed E-state index contributed by atoms with van der Waals surface area (Å²) < 4.78 is 25.1. The third-order valence-corrected chi connectivity index (χ3v) is 5.06. The van der Waals surface area contributed by atoms with E-state index in [1.165, 1.54) is 19.2 Å². The summed E-state index contributed by atoms with van der Waals surface area (Å²) in [7, 11) is 1.52. The summed E-state index contributed by atoms with van der Waals surface area (Å²) in [6.07, 6.45) is 0.102. The first-order valence-electron chi connectivity index (χ1n) is 8.60. The first kappa shape index (κ1) is 17.3. The van der Waals surface area contributed by atoms with Crippen LogP contribution < -0.4 is 10.1 Å². The molecule has 2 aromatic carbocycles. The van der Waals surface area contributed by atoms with Crippen molar-refractivity contribution >= 4 is 22.7 Å². The van der Waals surface area contributed by atoms with E-state index in [0.717, 1.165) is 5.56 Å². The van der Waals surface area contributed by atoms with E-state index in [-0.39, 0.29) is 29.7 Å². The molecule has 1 aliphatic heterocycles. The number of ketones is 1. The fraction of sp³-hybridized carbons (Fsp3) is 0.238. The number of hydrogen-bond acceptors (Lipinski definition) is 4. The minimum Gasteiger partial charge on any atom is -0.482 e. The van der Waals surface area contributed by atoms with E-state index < -0.39 is 5.60 Å². The topological polar surface area (TPSA) is 68.5 Å². The molecule has 1 aliphatic rings. The van der Waals surface area contributed by atoms with Gasteiger partial charge in [-0.05, 0) is 43.7 Å². The maximum absolute atomic E-state index is 13.3. The Morgan fingerprint density at radius 3 is 2.56 bits per heavy atom. The molecule has 27 heavy (non-hydrogen) atoms. The lowest BCUT2D eigenvalue weighted by Crippen LogP contribution is -2.36. The van der Waals surface area contributed by atoms with E-state index in [0.29, 0.717) is 27.8 Å². The average Bonchev–Trinajstić information content (AvgIpc) is 2.98. The molecule has 1 amide bonds. The number of nitrogens with one attached hydrogen (secondary N) is 1. The molecular weight excluding hydrogens is 349 g/mol. The summed E-state index contributed by atoms with van der Waals surface area (Å²) in [5.74, 6) is -0.195. The Morgan fingerprint density at radius 2 is 1.89 bits per heavy atom. The van der Waals surface area contributed by atoms with Crippen molar-refractivity contribution in [2.75, 3.05) is 7.05 Å². The molecule has 0 aliphatic carbocycles. The molecule has 0 bridgehead atoms. The summed E-state index contributed by atoms with van der Waals surface area (Å²) in [6.45, 7) is 3.56. The number of ether oxygens (including phenoxy) is 1. The van der Waals surface area contributed by atoms with Gasteiger partial charge < -0.3 is 14.5 Å². The van der Waals surface area contributed by atoms with Crippen LogP contribution in [0.15, 0.2) is 40.8 Å². The predicted octanol–water partition coefficient (Wildman–Crippen LogP) is 4.12. The molecule has 3 aromatic rings. The lowest BCUT2D eigenvalue weighted by Gasteiger charge is -2.35. The van der Waals surface area contributed by atoms with Crippen LogP contribution in [0.1, 0.15) is 45.4 Å². The Morgan fingerprint density at radius 1 is 1.19 bits per heavy atom. The molecule has 0 saturated carbocycles. The monoisotopic (exact) mass is 367 g/mol. The Labute approximate surface area is 155 Å². The zero-order valence-corrected chi connectivity index (χ0v) is 15.2. The van der Waals surface area contributed by atoms with Gasteiger partial charge in [-0.25, -0.2) is 4.39 Å². The third kappa shape index (κ3) is 2.60. The van der Waals surface area contributed by atoms with Crippen LogP contribution in [0, 0.1) is 12.7 Å². The van der Waals surface area contributed by atoms with Gasteiger partial charge in [-0.3, -0.25) is 9.59 Å². The molecule has 0 radical (unpaired) electrons. The van der Waals surface area contributed by atoms with Crippen molar-refractivity contribution in [2.45, 2.75) is 25.9 Å². The molecular formula is C21H18FNO4. The normalized spacial score (nSPS) is 18.9. The zero-order chi connectivity index (χ0) is 19.3. The fourth-order valence-corrected chi connectivity index (χ4v) is 3.65. The molecule has 1 aromatic heterocycles. The summed E-state index contributed by atoms with van der Waals surface area (Å²) >= 11 is 0. The fourth-order valence-electron chi connectivity index (χ4n) is 3.65. The minimum absolute atomic E-state index is 0.102. The van der Waals surface area contributed by atoms with Crippen LogP contribution in [0.5, 0.6) is 5.75 Å². The molecule has 1 atom stereocenters. The molecule has 0 fully saturated rings. The molecule has 138 valence electrons. The summed E-state index contributed by atoms with van der Waals surface area (Å²) in [6, 6.07) is 9.31. The van der Waals surface area contributed by atoms with Crippen LogP contribution in [-0.4, -0.2) is 18.7 Å². The number of furan rings is 1. The highest BCUT2D eigenvalue weighted by Crippen LogP contribution is 2.44. The van der Waals surface area contributed by atoms with E-state index in [2.05, 4.69) is 5.32 Å². The molecule has 0 saturated heterocycles. The second-order valence-corrected chi connectivity index (χ2v) is 6.89. The van der Waals surface area contributed by atoms with Crippen molar-refractivity contribution in [2.24, 2.45) is 0 Å². The number of amides is 1. The highest BCUT2D eigenvalue weighted by atomic mass is 19.1. The van der Waals surface area contributed by atoms with E-state index in [1.54, 1.807) is 31.2 Å². The van der Waals surface area contributed by atoms with Crippen LogP contribution >= 0.6 is 0 Å². The average molecular weight is 367 g/mol. The lowest BCUT2D eigenvalue weighted by molar-refractivity contribution is 0.0507. The highest BCUT2D eigenvalue weighted by molar-refractivity contribution is 6.13. The molecule has 4 rings (SSSR count). The molecule has 5 nitrogen and oxygen atoms in total. The van der Waals surface area contributed by atoms with Gasteiger partial charge in [-0.1, -0.05) is 12.1 Å². The summed E-state index contributed by atoms with van der Waals surface area (Å²) in [5, 5.41) is 3.13. The van der Waals surface area contributed by atoms with Gasteiger partial charge >= 0.3 is 0 Å². The predicted molar refractivity (Wildman–Crippen MR) is 97.7 cm³/mol. The highest BCUT2D eigenvalue weighted by Gasteiger charge is 2.40. The summed E-state index contributed by atoms with van der Waals surface area (Å²) in [5.41, 5.74) is 1.31. The number of hydrogen-bond donors (Lipinski definition) is 1. The number of benzene rings is 2. The van der Waals surface area contributed by atoms with Crippen molar-refractivity contribution in [1.29, 1.82) is 0 Å². The van der Waals surface area contributed by atoms with Crippen LogP contribution in [0.4, 0.5) is 4.39 Å². The van der Waals surface area contributed by atoms with Crippen LogP contribution in [-0.2, 0) is 5.60 Å². The SMILES string of the molecule is CNC(=O)c1oc2ccc3c(c2c1C)C(=O)CC(C)(c1ccc(F)cc1)O3. The number of halogens is 1. The van der Waals surface area contributed by atoms with E-state index in [1.807, 2.05) is 6.92 Å². The van der Waals surface area contributed by atoms with Crippen molar-refractivity contribution in [3.05, 3.63) is 64.7 Å². The van der Waals surface area contributed by atoms with E-state index in [4.69, 9.17) is 9.15 Å². The number of fused-ring (bicyclic) bond motifs is 3. The Balaban J connectivity index is 1.86. The van der Waals surface area contributed by atoms with Crippen LogP contribution in [0.25, 0.3) is 11.0 Å². The van der Waals surface area contributed by atoms with Gasteiger partial charge in [0, 0.05) is 18.0 Å². The van der Waals surface area contributed by atoms with Gasteiger partial charge in [0.05, 0.1) is 12.0 Å². The van der Waals surface area contributed by atoms with Crippen molar-refractivity contribution < 1.29 is 23.1 Å². The van der Waals surface area contributed by atoms with E-state index in [9.17, 15) is 14.0 Å². The molecule has 1 N–H and O–H groups in total. The van der Waals surface area contributed by atoms with Gasteiger partial charge in [0.15, 0.2) is 11.5 Å². The second kappa shape index (κ2) is 5.94. The maximum atomic E-state index is 13.3. The Bertz CT molecular complexity index is 1080. The van der Waals surface area contributed by atoms with Gasteiger partial charge in [-0.15, -0.1) is 0 Å². The van der Waals surface area contributed by atoms with Gasteiger partial charge in [0.25, 0.3) is 5.91 Å². The van der Waals surface area contributed by atoms with Crippen LogP contribution in [0.2, 0.25) is 0 Å². The molecule has 2 heterocycles. The first-order chi connectivity index (χ1) is 12.8. The van der Waals surface area contributed by atoms with E-state index >= 15 is 0 Å². The second-order valence-electron chi connectivity index (χ2n) is 6.89. The molecule has 1 unspecified atom stereocenters. The smallest absolute Gasteiger partial charge is 0.287 e. The third-order valence-electron chi connectivity index (χ3n) is 5.06. The van der Waals surface area contributed by atoms with Gasteiger partial charge in [-0.2, -0.15) is 0 Å². The van der Waals surface area contributed by atoms with Gasteiger partial charge in [0.1, 0.15) is 22.8 Å². The number of aryl methyl sites for hydroxylation is 1.